The summed E-state index contributed by atoms with van der Waals surface area (Å²) in [5.74, 6) is -1.37. The summed E-state index contributed by atoms with van der Waals surface area (Å²) in [6.45, 7) is 0.239. The van der Waals surface area contributed by atoms with Crippen molar-refractivity contribution in [3.8, 4) is 0 Å². The van der Waals surface area contributed by atoms with E-state index in [0.29, 0.717) is 11.1 Å². The number of nitrogens with zero attached hydrogens (tertiary/aromatic N) is 2. The van der Waals surface area contributed by atoms with Crippen LogP contribution >= 0.6 is 0 Å². The second-order valence-electron chi connectivity index (χ2n) is 4.65. The fourth-order valence-corrected chi connectivity index (χ4v) is 2.29. The molecule has 2 aromatic rings. The summed E-state index contributed by atoms with van der Waals surface area (Å²) in [5.41, 5.74) is 0.615. The Balaban J connectivity index is 2.13. The van der Waals surface area contributed by atoms with E-state index in [2.05, 4.69) is 10.3 Å². The molecule has 106 valence electrons. The summed E-state index contributed by atoms with van der Waals surface area (Å²) in [6.07, 6.45) is 3.28. The SMILES string of the molecule is O=C1CCN(c2cncc3ccc(C(=O)O)cc23)C(=O)N1. The summed E-state index contributed by atoms with van der Waals surface area (Å²) >= 11 is 0. The highest BCUT2D eigenvalue weighted by Crippen LogP contribution is 2.27. The first-order chi connectivity index (χ1) is 10.1. The van der Waals surface area contributed by atoms with E-state index < -0.39 is 12.0 Å². The summed E-state index contributed by atoms with van der Waals surface area (Å²) in [7, 11) is 0. The molecule has 21 heavy (non-hydrogen) atoms. The monoisotopic (exact) mass is 285 g/mol. The van der Waals surface area contributed by atoms with Crippen molar-refractivity contribution < 1.29 is 19.5 Å². The number of carboxylic acids is 1. The number of urea groups is 1. The minimum absolute atomic E-state index is 0.128. The molecule has 0 unspecified atom stereocenters. The Labute approximate surface area is 119 Å². The van der Waals surface area contributed by atoms with Crippen molar-refractivity contribution in [2.45, 2.75) is 6.42 Å². The van der Waals surface area contributed by atoms with Gasteiger partial charge in [-0.3, -0.25) is 20.0 Å². The van der Waals surface area contributed by atoms with Gasteiger partial charge in [0.1, 0.15) is 0 Å². The van der Waals surface area contributed by atoms with E-state index in [1.165, 1.54) is 23.2 Å². The number of fused-ring (bicyclic) bond motifs is 1. The Bertz CT molecular complexity index is 772. The first kappa shape index (κ1) is 13.0. The number of nitrogens with one attached hydrogen (secondary N) is 1. The third kappa shape index (κ3) is 2.29. The average molecular weight is 285 g/mol. The molecule has 2 N–H and O–H groups in total. The summed E-state index contributed by atoms with van der Waals surface area (Å²) in [6, 6.07) is 4.10. The number of amides is 3. The Morgan fingerprint density at radius 3 is 2.81 bits per heavy atom. The molecule has 0 saturated carbocycles. The predicted molar refractivity (Wildman–Crippen MR) is 74.2 cm³/mol. The lowest BCUT2D eigenvalue weighted by molar-refractivity contribution is -0.120. The maximum absolute atomic E-state index is 11.9. The molecule has 0 bridgehead atoms. The quantitative estimate of drug-likeness (QED) is 0.868. The maximum atomic E-state index is 11.9. The Hall–Kier alpha value is -2.96. The standard InChI is InChI=1S/C14H11N3O4/c18-12-3-4-17(14(21)16-12)11-7-15-6-9-2-1-8(13(19)20)5-10(9)11/h1-2,5-7H,3-4H2,(H,19,20)(H,16,18,21). The minimum atomic E-state index is -1.04. The molecule has 7 heteroatoms. The van der Waals surface area contributed by atoms with Crippen molar-refractivity contribution in [3.05, 3.63) is 36.2 Å². The van der Waals surface area contributed by atoms with Crippen LogP contribution in [0.25, 0.3) is 10.8 Å². The van der Waals surface area contributed by atoms with Crippen LogP contribution < -0.4 is 10.2 Å². The van der Waals surface area contributed by atoms with Crippen molar-refractivity contribution in [1.82, 2.24) is 10.3 Å². The Morgan fingerprint density at radius 1 is 1.29 bits per heavy atom. The third-order valence-corrected chi connectivity index (χ3v) is 3.33. The van der Waals surface area contributed by atoms with E-state index in [9.17, 15) is 14.4 Å². The molecule has 2 heterocycles. The largest absolute Gasteiger partial charge is 0.478 e. The number of anilines is 1. The molecule has 1 saturated heterocycles. The first-order valence-corrected chi connectivity index (χ1v) is 6.28. The zero-order valence-electron chi connectivity index (χ0n) is 10.9. The molecular formula is C14H11N3O4. The van der Waals surface area contributed by atoms with Gasteiger partial charge in [0.15, 0.2) is 0 Å². The van der Waals surface area contributed by atoms with E-state index in [0.717, 1.165) is 5.39 Å². The fourth-order valence-electron chi connectivity index (χ4n) is 2.29. The summed E-state index contributed by atoms with van der Waals surface area (Å²) in [4.78, 5) is 39.7. The Kier molecular flexibility index (Phi) is 3.02. The van der Waals surface area contributed by atoms with Crippen LogP contribution in [0, 0.1) is 0 Å². The van der Waals surface area contributed by atoms with Crippen molar-refractivity contribution in [2.24, 2.45) is 0 Å². The molecule has 1 aliphatic rings. The van der Waals surface area contributed by atoms with Crippen molar-refractivity contribution in [1.29, 1.82) is 0 Å². The van der Waals surface area contributed by atoms with Gasteiger partial charge < -0.3 is 5.11 Å². The zero-order valence-corrected chi connectivity index (χ0v) is 10.9. The van der Waals surface area contributed by atoms with E-state index in [1.807, 2.05) is 0 Å². The lowest BCUT2D eigenvalue weighted by Crippen LogP contribution is -2.49. The van der Waals surface area contributed by atoms with Crippen molar-refractivity contribution >= 4 is 34.4 Å². The maximum Gasteiger partial charge on any atom is 0.335 e. The van der Waals surface area contributed by atoms with Gasteiger partial charge in [-0.1, -0.05) is 6.07 Å². The number of carbonyl (C=O) groups excluding carboxylic acids is 2. The van der Waals surface area contributed by atoms with Crippen LogP contribution in [-0.4, -0.2) is 34.5 Å². The molecule has 7 nitrogen and oxygen atoms in total. The lowest BCUT2D eigenvalue weighted by Gasteiger charge is -2.27. The van der Waals surface area contributed by atoms with E-state index >= 15 is 0 Å². The molecule has 1 aromatic heterocycles. The minimum Gasteiger partial charge on any atom is -0.478 e. The highest BCUT2D eigenvalue weighted by atomic mass is 16.4. The zero-order chi connectivity index (χ0) is 15.0. The van der Waals surface area contributed by atoms with Gasteiger partial charge in [0.25, 0.3) is 0 Å². The number of imide groups is 1. The Morgan fingerprint density at radius 2 is 2.10 bits per heavy atom. The van der Waals surface area contributed by atoms with Crippen molar-refractivity contribution in [2.75, 3.05) is 11.4 Å². The van der Waals surface area contributed by atoms with Gasteiger partial charge in [0, 0.05) is 29.9 Å². The third-order valence-electron chi connectivity index (χ3n) is 3.33. The summed E-state index contributed by atoms with van der Waals surface area (Å²) < 4.78 is 0. The van der Waals surface area contributed by atoms with Gasteiger partial charge in [-0.2, -0.15) is 0 Å². The molecular weight excluding hydrogens is 274 g/mol. The molecule has 1 aliphatic heterocycles. The smallest absolute Gasteiger partial charge is 0.335 e. The number of rotatable bonds is 2. The van der Waals surface area contributed by atoms with Crippen LogP contribution in [0.1, 0.15) is 16.8 Å². The van der Waals surface area contributed by atoms with E-state index in [1.54, 1.807) is 12.3 Å². The van der Waals surface area contributed by atoms with Gasteiger partial charge in [-0.15, -0.1) is 0 Å². The number of pyridine rings is 1. The van der Waals surface area contributed by atoms with Gasteiger partial charge in [0.2, 0.25) is 5.91 Å². The topological polar surface area (TPSA) is 99.6 Å². The predicted octanol–water partition coefficient (Wildman–Crippen LogP) is 1.38. The molecule has 0 aliphatic carbocycles. The van der Waals surface area contributed by atoms with Crippen LogP contribution in [0.4, 0.5) is 10.5 Å². The number of carbonyl (C=O) groups is 3. The average Bonchev–Trinajstić information content (AvgIpc) is 2.46. The molecule has 1 aromatic carbocycles. The lowest BCUT2D eigenvalue weighted by atomic mass is 10.1. The molecule has 3 amide bonds. The molecule has 1 fully saturated rings. The van der Waals surface area contributed by atoms with Crippen LogP contribution in [0.2, 0.25) is 0 Å². The van der Waals surface area contributed by atoms with Crippen LogP contribution in [0.5, 0.6) is 0 Å². The van der Waals surface area contributed by atoms with Gasteiger partial charge in [-0.25, -0.2) is 9.59 Å². The number of carboxylic acid groups (broad SMARTS) is 1. The highest BCUT2D eigenvalue weighted by molar-refractivity contribution is 6.10. The molecule has 0 spiro atoms. The van der Waals surface area contributed by atoms with Crippen LogP contribution in [-0.2, 0) is 4.79 Å². The normalized spacial score (nSPS) is 15.1. The molecule has 0 radical (unpaired) electrons. The molecule has 3 rings (SSSR count). The second-order valence-corrected chi connectivity index (χ2v) is 4.65. The van der Waals surface area contributed by atoms with Crippen LogP contribution in [0.15, 0.2) is 30.6 Å². The molecule has 0 atom stereocenters. The second kappa shape index (κ2) is 4.86. The number of aromatic carboxylic acids is 1. The number of hydrogen-bond acceptors (Lipinski definition) is 4. The van der Waals surface area contributed by atoms with Crippen LogP contribution in [0.3, 0.4) is 0 Å². The number of benzene rings is 1. The van der Waals surface area contributed by atoms with Crippen molar-refractivity contribution in [3.63, 3.8) is 0 Å². The van der Waals surface area contributed by atoms with E-state index in [4.69, 9.17) is 5.11 Å². The summed E-state index contributed by atoms with van der Waals surface area (Å²) in [5, 5.41) is 12.6. The van der Waals surface area contributed by atoms with E-state index in [-0.39, 0.29) is 24.4 Å². The number of aromatic nitrogens is 1. The fraction of sp³-hybridized carbons (Fsp3) is 0.143. The van der Waals surface area contributed by atoms with Gasteiger partial charge in [0.05, 0.1) is 17.4 Å². The first-order valence-electron chi connectivity index (χ1n) is 6.28. The number of hydrogen-bond donors (Lipinski definition) is 2. The van der Waals surface area contributed by atoms with Gasteiger partial charge >= 0.3 is 12.0 Å². The van der Waals surface area contributed by atoms with Gasteiger partial charge in [-0.05, 0) is 12.1 Å². The highest BCUT2D eigenvalue weighted by Gasteiger charge is 2.25.